The Morgan fingerprint density at radius 2 is 1.57 bits per heavy atom. The summed E-state index contributed by atoms with van der Waals surface area (Å²) in [5.41, 5.74) is 3.13. The lowest BCUT2D eigenvalue weighted by molar-refractivity contribution is 0.0950. The summed E-state index contributed by atoms with van der Waals surface area (Å²) in [6, 6.07) is 21.0. The highest BCUT2D eigenvalue weighted by molar-refractivity contribution is 7.89. The third-order valence-electron chi connectivity index (χ3n) is 4.65. The van der Waals surface area contributed by atoms with Gasteiger partial charge in [-0.1, -0.05) is 48.0 Å². The molecule has 6 nitrogen and oxygen atoms in total. The van der Waals surface area contributed by atoms with Gasteiger partial charge in [-0.2, -0.15) is 0 Å². The molecule has 0 fully saturated rings. The number of hydrogen-bond acceptors (Lipinski definition) is 4. The maximum atomic E-state index is 12.4. The van der Waals surface area contributed by atoms with Gasteiger partial charge in [0, 0.05) is 24.2 Å². The summed E-state index contributed by atoms with van der Waals surface area (Å²) in [5.74, 6) is 0.502. The lowest BCUT2D eigenvalue weighted by atomic mass is 10.1. The number of para-hydroxylation sites is 1. The molecule has 2 N–H and O–H groups in total. The SMILES string of the molecule is COc1ccccc1CNC(=O)c1ccc(CNS(=O)(=O)c2ccc(C)cc2)cc1. The third kappa shape index (κ3) is 5.46. The summed E-state index contributed by atoms with van der Waals surface area (Å²) in [6.45, 7) is 2.39. The second-order valence-electron chi connectivity index (χ2n) is 6.83. The summed E-state index contributed by atoms with van der Waals surface area (Å²) < 4.78 is 32.6. The molecule has 0 aliphatic rings. The van der Waals surface area contributed by atoms with Crippen molar-refractivity contribution in [2.24, 2.45) is 0 Å². The Labute approximate surface area is 177 Å². The first kappa shape index (κ1) is 21.5. The first-order valence-electron chi connectivity index (χ1n) is 9.44. The molecular weight excluding hydrogens is 400 g/mol. The van der Waals surface area contributed by atoms with E-state index in [1.807, 2.05) is 31.2 Å². The number of amides is 1. The highest BCUT2D eigenvalue weighted by atomic mass is 32.2. The smallest absolute Gasteiger partial charge is 0.251 e. The van der Waals surface area contributed by atoms with Gasteiger partial charge in [-0.3, -0.25) is 4.79 Å². The molecule has 0 radical (unpaired) electrons. The molecule has 30 heavy (non-hydrogen) atoms. The molecule has 3 aromatic carbocycles. The molecule has 0 spiro atoms. The fraction of sp³-hybridized carbons (Fsp3) is 0.174. The van der Waals surface area contributed by atoms with Gasteiger partial charge >= 0.3 is 0 Å². The van der Waals surface area contributed by atoms with E-state index in [4.69, 9.17) is 4.74 Å². The van der Waals surface area contributed by atoms with Crippen molar-refractivity contribution in [1.82, 2.24) is 10.0 Å². The molecule has 0 aromatic heterocycles. The number of nitrogens with one attached hydrogen (secondary N) is 2. The van der Waals surface area contributed by atoms with Crippen molar-refractivity contribution >= 4 is 15.9 Å². The first-order chi connectivity index (χ1) is 14.4. The first-order valence-corrected chi connectivity index (χ1v) is 10.9. The maximum Gasteiger partial charge on any atom is 0.251 e. The minimum absolute atomic E-state index is 0.138. The van der Waals surface area contributed by atoms with E-state index in [0.717, 1.165) is 16.7 Å². The number of benzene rings is 3. The van der Waals surface area contributed by atoms with Crippen LogP contribution in [-0.2, 0) is 23.1 Å². The van der Waals surface area contributed by atoms with Gasteiger partial charge in [-0.25, -0.2) is 13.1 Å². The van der Waals surface area contributed by atoms with Crippen molar-refractivity contribution in [3.8, 4) is 5.75 Å². The second-order valence-corrected chi connectivity index (χ2v) is 8.60. The number of carbonyl (C=O) groups excluding carboxylic acids is 1. The van der Waals surface area contributed by atoms with Crippen molar-refractivity contribution in [3.05, 3.63) is 95.1 Å². The molecule has 3 rings (SSSR count). The summed E-state index contributed by atoms with van der Waals surface area (Å²) in [6.07, 6.45) is 0. The van der Waals surface area contributed by atoms with Crippen LogP contribution in [0.15, 0.2) is 77.7 Å². The van der Waals surface area contributed by atoms with E-state index in [0.29, 0.717) is 17.9 Å². The highest BCUT2D eigenvalue weighted by Crippen LogP contribution is 2.17. The van der Waals surface area contributed by atoms with E-state index in [1.54, 1.807) is 55.6 Å². The zero-order valence-electron chi connectivity index (χ0n) is 16.9. The number of hydrogen-bond donors (Lipinski definition) is 2. The maximum absolute atomic E-state index is 12.4. The quantitative estimate of drug-likeness (QED) is 0.580. The molecule has 0 atom stereocenters. The molecule has 0 heterocycles. The number of methoxy groups -OCH3 is 1. The van der Waals surface area contributed by atoms with Gasteiger partial charge in [0.2, 0.25) is 10.0 Å². The van der Waals surface area contributed by atoms with E-state index in [9.17, 15) is 13.2 Å². The Balaban J connectivity index is 1.58. The van der Waals surface area contributed by atoms with Gasteiger partial charge in [0.25, 0.3) is 5.91 Å². The van der Waals surface area contributed by atoms with E-state index >= 15 is 0 Å². The molecule has 0 aliphatic heterocycles. The molecule has 3 aromatic rings. The van der Waals surface area contributed by atoms with E-state index < -0.39 is 10.0 Å². The van der Waals surface area contributed by atoms with E-state index in [2.05, 4.69) is 10.0 Å². The van der Waals surface area contributed by atoms with Crippen molar-refractivity contribution in [2.75, 3.05) is 7.11 Å². The number of aryl methyl sites for hydroxylation is 1. The fourth-order valence-corrected chi connectivity index (χ4v) is 3.90. The van der Waals surface area contributed by atoms with Gasteiger partial charge in [-0.15, -0.1) is 0 Å². The Kier molecular flexibility index (Phi) is 6.87. The van der Waals surface area contributed by atoms with Crippen LogP contribution in [0.4, 0.5) is 0 Å². The van der Waals surface area contributed by atoms with E-state index in [-0.39, 0.29) is 17.3 Å². The number of carbonyl (C=O) groups is 1. The average molecular weight is 425 g/mol. The van der Waals surface area contributed by atoms with Gasteiger partial charge in [0.1, 0.15) is 5.75 Å². The number of ether oxygens (including phenoxy) is 1. The Morgan fingerprint density at radius 3 is 2.23 bits per heavy atom. The van der Waals surface area contributed by atoms with Crippen LogP contribution < -0.4 is 14.8 Å². The van der Waals surface area contributed by atoms with Crippen LogP contribution >= 0.6 is 0 Å². The van der Waals surface area contributed by atoms with Crippen LogP contribution in [0.5, 0.6) is 5.75 Å². The normalized spacial score (nSPS) is 11.1. The zero-order valence-corrected chi connectivity index (χ0v) is 17.7. The summed E-state index contributed by atoms with van der Waals surface area (Å²) >= 11 is 0. The van der Waals surface area contributed by atoms with Crippen LogP contribution in [0.25, 0.3) is 0 Å². The van der Waals surface area contributed by atoms with E-state index in [1.165, 1.54) is 0 Å². The molecule has 0 bridgehead atoms. The largest absolute Gasteiger partial charge is 0.496 e. The standard InChI is InChI=1S/C23H24N2O4S/c1-17-7-13-21(14-8-17)30(27,28)25-15-18-9-11-19(12-10-18)23(26)24-16-20-5-3-4-6-22(20)29-2/h3-14,25H,15-16H2,1-2H3,(H,24,26). The Hall–Kier alpha value is -3.16. The van der Waals surface area contributed by atoms with Crippen LogP contribution in [0.2, 0.25) is 0 Å². The van der Waals surface area contributed by atoms with Crippen LogP contribution in [0.3, 0.4) is 0 Å². The predicted octanol–water partition coefficient (Wildman–Crippen LogP) is 3.41. The van der Waals surface area contributed by atoms with Gasteiger partial charge in [0.15, 0.2) is 0 Å². The molecule has 0 aliphatic carbocycles. The van der Waals surface area contributed by atoms with Crippen molar-refractivity contribution in [2.45, 2.75) is 24.9 Å². The van der Waals surface area contributed by atoms with Crippen LogP contribution in [0.1, 0.15) is 27.0 Å². The highest BCUT2D eigenvalue weighted by Gasteiger charge is 2.13. The molecule has 0 saturated heterocycles. The van der Waals surface area contributed by atoms with Gasteiger partial charge < -0.3 is 10.1 Å². The molecule has 1 amide bonds. The summed E-state index contributed by atoms with van der Waals surface area (Å²) in [5, 5.41) is 2.86. The third-order valence-corrected chi connectivity index (χ3v) is 6.06. The van der Waals surface area contributed by atoms with Crippen molar-refractivity contribution in [3.63, 3.8) is 0 Å². The minimum Gasteiger partial charge on any atom is -0.496 e. The number of rotatable bonds is 8. The molecule has 0 unspecified atom stereocenters. The summed E-state index contributed by atoms with van der Waals surface area (Å²) in [4.78, 5) is 12.6. The molecule has 156 valence electrons. The number of sulfonamides is 1. The lowest BCUT2D eigenvalue weighted by Gasteiger charge is -2.10. The zero-order chi connectivity index (χ0) is 21.6. The summed E-state index contributed by atoms with van der Waals surface area (Å²) in [7, 11) is -2.00. The predicted molar refractivity (Wildman–Crippen MR) is 116 cm³/mol. The van der Waals surface area contributed by atoms with Crippen molar-refractivity contribution < 1.29 is 17.9 Å². The monoisotopic (exact) mass is 424 g/mol. The second kappa shape index (κ2) is 9.56. The van der Waals surface area contributed by atoms with Gasteiger partial charge in [-0.05, 0) is 42.8 Å². The van der Waals surface area contributed by atoms with Gasteiger partial charge in [0.05, 0.1) is 12.0 Å². The molecule has 0 saturated carbocycles. The lowest BCUT2D eigenvalue weighted by Crippen LogP contribution is -2.24. The van der Waals surface area contributed by atoms with Crippen LogP contribution in [0, 0.1) is 6.92 Å². The Morgan fingerprint density at radius 1 is 0.900 bits per heavy atom. The molecule has 7 heteroatoms. The topological polar surface area (TPSA) is 84.5 Å². The Bertz CT molecular complexity index is 1110. The van der Waals surface area contributed by atoms with Crippen molar-refractivity contribution in [1.29, 1.82) is 0 Å². The fourth-order valence-electron chi connectivity index (χ4n) is 2.88. The minimum atomic E-state index is -3.59. The molecular formula is C23H24N2O4S. The van der Waals surface area contributed by atoms with Crippen LogP contribution in [-0.4, -0.2) is 21.4 Å². The average Bonchev–Trinajstić information content (AvgIpc) is 2.77.